The molecule has 0 fully saturated rings. The van der Waals surface area contributed by atoms with Gasteiger partial charge in [0.05, 0.1) is 12.2 Å². The fraction of sp³-hybridized carbons (Fsp3) is 0.222. The van der Waals surface area contributed by atoms with Crippen LogP contribution < -0.4 is 11.5 Å². The summed E-state index contributed by atoms with van der Waals surface area (Å²) in [5.74, 6) is 5.51. The molecule has 62 valence electrons. The van der Waals surface area contributed by atoms with Gasteiger partial charge in [-0.25, -0.2) is 4.98 Å². The second-order valence-electron chi connectivity index (χ2n) is 2.40. The van der Waals surface area contributed by atoms with Crippen LogP contribution in [0.2, 0.25) is 0 Å². The molecule has 0 radical (unpaired) electrons. The maximum Gasteiger partial charge on any atom is 0.136 e. The van der Waals surface area contributed by atoms with Gasteiger partial charge in [0.1, 0.15) is 5.69 Å². The number of pyridine rings is 1. The summed E-state index contributed by atoms with van der Waals surface area (Å²) in [6.07, 6.45) is 0. The first-order chi connectivity index (χ1) is 5.74. The highest BCUT2D eigenvalue weighted by Gasteiger charge is 1.95. The average molecular weight is 161 g/mol. The van der Waals surface area contributed by atoms with Crippen LogP contribution in [0, 0.1) is 18.8 Å². The number of anilines is 1. The maximum absolute atomic E-state index is 5.62. The van der Waals surface area contributed by atoms with Crippen molar-refractivity contribution >= 4 is 5.69 Å². The highest BCUT2D eigenvalue weighted by atomic mass is 14.7. The first-order valence-electron chi connectivity index (χ1n) is 3.66. The third-order valence-electron chi connectivity index (χ3n) is 1.37. The minimum atomic E-state index is 0.328. The standard InChI is InChI=1S/C9H11N3/c1-7-4-5-8(11)9(12-7)3-2-6-10/h4-5H,6,10-11H2,1H3. The van der Waals surface area contributed by atoms with Crippen LogP contribution in [0.15, 0.2) is 12.1 Å². The Morgan fingerprint density at radius 3 is 2.92 bits per heavy atom. The normalized spacial score (nSPS) is 8.83. The van der Waals surface area contributed by atoms with Gasteiger partial charge in [0, 0.05) is 5.69 Å². The maximum atomic E-state index is 5.62. The third-order valence-corrected chi connectivity index (χ3v) is 1.37. The fourth-order valence-corrected chi connectivity index (χ4v) is 0.802. The third kappa shape index (κ3) is 1.97. The van der Waals surface area contributed by atoms with Gasteiger partial charge in [-0.2, -0.15) is 0 Å². The fourth-order valence-electron chi connectivity index (χ4n) is 0.802. The van der Waals surface area contributed by atoms with Crippen molar-refractivity contribution in [2.24, 2.45) is 5.73 Å². The SMILES string of the molecule is Cc1ccc(N)c(C#CCN)n1. The van der Waals surface area contributed by atoms with Crippen molar-refractivity contribution in [3.8, 4) is 11.8 Å². The second kappa shape index (κ2) is 3.74. The average Bonchev–Trinajstić information content (AvgIpc) is 2.07. The molecule has 0 aromatic carbocycles. The van der Waals surface area contributed by atoms with E-state index in [0.717, 1.165) is 5.69 Å². The zero-order chi connectivity index (χ0) is 8.97. The molecule has 4 N–H and O–H groups in total. The lowest BCUT2D eigenvalue weighted by atomic mass is 10.2. The zero-order valence-electron chi connectivity index (χ0n) is 6.96. The number of aromatic nitrogens is 1. The first-order valence-corrected chi connectivity index (χ1v) is 3.66. The monoisotopic (exact) mass is 161 g/mol. The molecular weight excluding hydrogens is 150 g/mol. The van der Waals surface area contributed by atoms with E-state index in [2.05, 4.69) is 16.8 Å². The predicted octanol–water partition coefficient (Wildman–Crippen LogP) is 0.282. The van der Waals surface area contributed by atoms with Gasteiger partial charge in [-0.05, 0) is 25.0 Å². The molecule has 12 heavy (non-hydrogen) atoms. The minimum absolute atomic E-state index is 0.328. The Balaban J connectivity index is 3.05. The van der Waals surface area contributed by atoms with Crippen molar-refractivity contribution in [3.05, 3.63) is 23.5 Å². The molecule has 0 unspecified atom stereocenters. The van der Waals surface area contributed by atoms with Crippen LogP contribution >= 0.6 is 0 Å². The molecule has 3 nitrogen and oxygen atoms in total. The Bertz CT molecular complexity index is 333. The van der Waals surface area contributed by atoms with Gasteiger partial charge >= 0.3 is 0 Å². The van der Waals surface area contributed by atoms with E-state index in [1.807, 2.05) is 13.0 Å². The molecule has 1 aromatic heterocycles. The summed E-state index contributed by atoms with van der Waals surface area (Å²) in [6.45, 7) is 2.22. The van der Waals surface area contributed by atoms with Gasteiger partial charge in [-0.3, -0.25) is 0 Å². The number of nitrogens with zero attached hydrogens (tertiary/aromatic N) is 1. The van der Waals surface area contributed by atoms with Gasteiger partial charge in [-0.1, -0.05) is 5.92 Å². The summed E-state index contributed by atoms with van der Waals surface area (Å²) >= 11 is 0. The number of hydrogen-bond acceptors (Lipinski definition) is 3. The van der Waals surface area contributed by atoms with Gasteiger partial charge in [0.25, 0.3) is 0 Å². The number of nitrogen functional groups attached to an aromatic ring is 1. The Kier molecular flexibility index (Phi) is 2.67. The number of aryl methyl sites for hydroxylation is 1. The summed E-state index contributed by atoms with van der Waals surface area (Å²) in [5.41, 5.74) is 13.0. The number of rotatable bonds is 0. The summed E-state index contributed by atoms with van der Waals surface area (Å²) in [5, 5.41) is 0. The van der Waals surface area contributed by atoms with Crippen LogP contribution in [-0.4, -0.2) is 11.5 Å². The molecular formula is C9H11N3. The molecule has 0 amide bonds. The highest BCUT2D eigenvalue weighted by Crippen LogP contribution is 2.07. The van der Waals surface area contributed by atoms with Crippen LogP contribution in [0.3, 0.4) is 0 Å². The lowest BCUT2D eigenvalue weighted by Gasteiger charge is -1.97. The van der Waals surface area contributed by atoms with Gasteiger partial charge in [0.2, 0.25) is 0 Å². The van der Waals surface area contributed by atoms with E-state index in [4.69, 9.17) is 11.5 Å². The molecule has 0 aliphatic heterocycles. The molecule has 0 aliphatic carbocycles. The van der Waals surface area contributed by atoms with Crippen molar-refractivity contribution in [1.29, 1.82) is 0 Å². The highest BCUT2D eigenvalue weighted by molar-refractivity contribution is 5.51. The Labute approximate surface area is 71.8 Å². The summed E-state index contributed by atoms with van der Waals surface area (Å²) in [6, 6.07) is 3.64. The molecule has 1 rings (SSSR count). The van der Waals surface area contributed by atoms with Crippen LogP contribution in [-0.2, 0) is 0 Å². The number of hydrogen-bond donors (Lipinski definition) is 2. The van der Waals surface area contributed by atoms with Crippen LogP contribution in [0.5, 0.6) is 0 Å². The topological polar surface area (TPSA) is 64.9 Å². The minimum Gasteiger partial charge on any atom is -0.396 e. The largest absolute Gasteiger partial charge is 0.396 e. The van der Waals surface area contributed by atoms with Crippen molar-refractivity contribution in [1.82, 2.24) is 4.98 Å². The van der Waals surface area contributed by atoms with E-state index in [1.54, 1.807) is 6.07 Å². The summed E-state index contributed by atoms with van der Waals surface area (Å²) < 4.78 is 0. The molecule has 3 heteroatoms. The molecule has 0 atom stereocenters. The van der Waals surface area contributed by atoms with Crippen molar-refractivity contribution in [2.75, 3.05) is 12.3 Å². The predicted molar refractivity (Wildman–Crippen MR) is 49.3 cm³/mol. The lowest BCUT2D eigenvalue weighted by Crippen LogP contribution is -1.97. The smallest absolute Gasteiger partial charge is 0.136 e. The Morgan fingerprint density at radius 1 is 1.50 bits per heavy atom. The molecule has 0 saturated carbocycles. The van der Waals surface area contributed by atoms with E-state index in [9.17, 15) is 0 Å². The molecule has 1 heterocycles. The Morgan fingerprint density at radius 2 is 2.25 bits per heavy atom. The van der Waals surface area contributed by atoms with Crippen LogP contribution in [0.1, 0.15) is 11.4 Å². The molecule has 0 saturated heterocycles. The number of nitrogens with two attached hydrogens (primary N) is 2. The van der Waals surface area contributed by atoms with Crippen LogP contribution in [0.25, 0.3) is 0 Å². The van der Waals surface area contributed by atoms with Gasteiger partial charge in [0.15, 0.2) is 0 Å². The van der Waals surface area contributed by atoms with Gasteiger partial charge in [-0.15, -0.1) is 0 Å². The van der Waals surface area contributed by atoms with Gasteiger partial charge < -0.3 is 11.5 Å². The quantitative estimate of drug-likeness (QED) is 0.537. The molecule has 0 spiro atoms. The van der Waals surface area contributed by atoms with E-state index in [1.165, 1.54) is 0 Å². The molecule has 1 aromatic rings. The molecule has 0 bridgehead atoms. The van der Waals surface area contributed by atoms with E-state index >= 15 is 0 Å². The Hall–Kier alpha value is -1.53. The molecule has 0 aliphatic rings. The van der Waals surface area contributed by atoms with Crippen molar-refractivity contribution in [2.45, 2.75) is 6.92 Å². The van der Waals surface area contributed by atoms with E-state index < -0.39 is 0 Å². The lowest BCUT2D eigenvalue weighted by molar-refractivity contribution is 1.18. The van der Waals surface area contributed by atoms with E-state index in [-0.39, 0.29) is 0 Å². The van der Waals surface area contributed by atoms with Crippen LogP contribution in [0.4, 0.5) is 5.69 Å². The zero-order valence-corrected chi connectivity index (χ0v) is 6.96. The first kappa shape index (κ1) is 8.57. The van der Waals surface area contributed by atoms with E-state index in [0.29, 0.717) is 17.9 Å². The summed E-state index contributed by atoms with van der Waals surface area (Å²) in [7, 11) is 0. The second-order valence-corrected chi connectivity index (χ2v) is 2.40. The van der Waals surface area contributed by atoms with Crippen molar-refractivity contribution in [3.63, 3.8) is 0 Å². The summed E-state index contributed by atoms with van der Waals surface area (Å²) in [4.78, 5) is 4.16. The van der Waals surface area contributed by atoms with Crippen molar-refractivity contribution < 1.29 is 0 Å².